The van der Waals surface area contributed by atoms with Crippen LogP contribution in [0.5, 0.6) is 11.5 Å². The number of carbonyl (C=O) groups is 1. The Bertz CT molecular complexity index is 1390. The first-order valence-corrected chi connectivity index (χ1v) is 15.4. The number of urea groups is 1. The Balaban J connectivity index is 1.50. The van der Waals surface area contributed by atoms with E-state index < -0.39 is 31.5 Å². The lowest BCUT2D eigenvalue weighted by Gasteiger charge is -2.15. The molecule has 0 aliphatic rings. The summed E-state index contributed by atoms with van der Waals surface area (Å²) >= 11 is 6.42. The Labute approximate surface area is 217 Å². The van der Waals surface area contributed by atoms with Gasteiger partial charge in [-0.1, -0.05) is 31.2 Å². The van der Waals surface area contributed by atoms with Crippen molar-refractivity contribution in [1.29, 1.82) is 0 Å². The first-order chi connectivity index (χ1) is 17.6. The number of rotatable bonds is 9. The molecule has 0 atom stereocenters. The molecule has 3 aromatic heterocycles. The van der Waals surface area contributed by atoms with Crippen LogP contribution in [-0.2, 0) is 11.5 Å². The van der Waals surface area contributed by atoms with Crippen LogP contribution in [0.15, 0.2) is 49.1 Å². The van der Waals surface area contributed by atoms with Gasteiger partial charge in [0.05, 0.1) is 28.5 Å². The number of aromatic nitrogens is 4. The minimum Gasteiger partial charge on any atom is -0.450 e. The number of fused-ring (bicyclic) bond motifs is 1. The Morgan fingerprint density at radius 1 is 1.08 bits per heavy atom. The molecule has 0 unspecified atom stereocenters. The monoisotopic (exact) mass is 546 g/mol. The molecule has 0 aliphatic carbocycles. The normalized spacial score (nSPS) is 11.5. The third-order valence-electron chi connectivity index (χ3n) is 5.21. The van der Waals surface area contributed by atoms with Crippen molar-refractivity contribution in [1.82, 2.24) is 19.7 Å². The molecule has 3 heterocycles. The molecule has 194 valence electrons. The SMILES string of the molecule is C[Si](C)(C)CCOCn1cc(Cl)c2c(Oc3c(F)cc(NC(=O)Nc4ccnnc4)cc3F)ccnc21. The predicted octanol–water partition coefficient (Wildman–Crippen LogP) is 6.51. The number of anilines is 2. The van der Waals surface area contributed by atoms with E-state index in [-0.39, 0.29) is 18.2 Å². The van der Waals surface area contributed by atoms with Crippen LogP contribution in [-0.4, -0.2) is 40.5 Å². The Morgan fingerprint density at radius 3 is 2.49 bits per heavy atom. The molecule has 1 aromatic carbocycles. The molecular formula is C24H25ClF2N6O3Si. The molecule has 0 fully saturated rings. The van der Waals surface area contributed by atoms with Crippen LogP contribution in [0.25, 0.3) is 11.0 Å². The van der Waals surface area contributed by atoms with E-state index in [4.69, 9.17) is 21.1 Å². The van der Waals surface area contributed by atoms with Gasteiger partial charge in [0.1, 0.15) is 18.1 Å². The van der Waals surface area contributed by atoms with Crippen molar-refractivity contribution in [2.45, 2.75) is 32.4 Å². The van der Waals surface area contributed by atoms with E-state index in [0.29, 0.717) is 28.4 Å². The number of benzene rings is 1. The standard InChI is InChI=1S/C24H25ClF2N6O3Si/c1-37(2,3)9-8-35-14-33-13-17(25)21-20(5-6-28-23(21)33)36-22-18(26)10-16(11-19(22)27)32-24(34)31-15-4-7-29-30-12-15/h4-7,10-13H,8-9,14H2,1-3H3,(H2,29,31,32,34). The summed E-state index contributed by atoms with van der Waals surface area (Å²) in [6.45, 7) is 7.63. The summed E-state index contributed by atoms with van der Waals surface area (Å²) in [5, 5.41) is 12.8. The Morgan fingerprint density at radius 2 is 1.81 bits per heavy atom. The molecular weight excluding hydrogens is 522 g/mol. The zero-order valence-corrected chi connectivity index (χ0v) is 22.1. The summed E-state index contributed by atoms with van der Waals surface area (Å²) in [7, 11) is -1.24. The molecule has 0 aliphatic heterocycles. The minimum absolute atomic E-state index is 0.110. The van der Waals surface area contributed by atoms with Crippen LogP contribution in [0, 0.1) is 11.6 Å². The van der Waals surface area contributed by atoms with E-state index in [9.17, 15) is 13.6 Å². The number of carbonyl (C=O) groups excluding carboxylic acids is 1. The molecule has 4 rings (SSSR count). The van der Waals surface area contributed by atoms with Gasteiger partial charge in [-0.15, -0.1) is 0 Å². The van der Waals surface area contributed by atoms with Crippen LogP contribution in [0.2, 0.25) is 30.7 Å². The number of halogens is 3. The van der Waals surface area contributed by atoms with E-state index in [2.05, 4.69) is 45.5 Å². The molecule has 0 saturated carbocycles. The third kappa shape index (κ3) is 6.79. The van der Waals surface area contributed by atoms with Gasteiger partial charge in [-0.3, -0.25) is 0 Å². The summed E-state index contributed by atoms with van der Waals surface area (Å²) in [5.41, 5.74) is 0.707. The first-order valence-electron chi connectivity index (χ1n) is 11.3. The zero-order valence-electron chi connectivity index (χ0n) is 20.4. The number of hydrogen-bond acceptors (Lipinski definition) is 6. The van der Waals surface area contributed by atoms with Crippen LogP contribution >= 0.6 is 11.6 Å². The van der Waals surface area contributed by atoms with Gasteiger partial charge >= 0.3 is 6.03 Å². The maximum Gasteiger partial charge on any atom is 0.323 e. The average Bonchev–Trinajstić information content (AvgIpc) is 3.15. The zero-order chi connectivity index (χ0) is 26.6. The number of ether oxygens (including phenoxy) is 2. The maximum atomic E-state index is 14.9. The van der Waals surface area contributed by atoms with Gasteiger partial charge in [0.25, 0.3) is 0 Å². The topological polar surface area (TPSA) is 103 Å². The quantitative estimate of drug-likeness (QED) is 0.183. The highest BCUT2D eigenvalue weighted by molar-refractivity contribution is 6.76. The highest BCUT2D eigenvalue weighted by Gasteiger charge is 2.20. The van der Waals surface area contributed by atoms with Crippen molar-refractivity contribution in [3.05, 3.63) is 65.7 Å². The molecule has 0 saturated heterocycles. The van der Waals surface area contributed by atoms with Gasteiger partial charge in [0.2, 0.25) is 0 Å². The second-order valence-corrected chi connectivity index (χ2v) is 15.4. The minimum atomic E-state index is -1.24. The lowest BCUT2D eigenvalue weighted by molar-refractivity contribution is 0.0899. The van der Waals surface area contributed by atoms with Crippen LogP contribution in [0.3, 0.4) is 0 Å². The van der Waals surface area contributed by atoms with Crippen molar-refractivity contribution in [2.75, 3.05) is 17.2 Å². The van der Waals surface area contributed by atoms with Crippen molar-refractivity contribution < 1.29 is 23.0 Å². The number of nitrogens with one attached hydrogen (secondary N) is 2. The summed E-state index contributed by atoms with van der Waals surface area (Å²) in [6, 6.07) is 5.16. The van der Waals surface area contributed by atoms with Crippen molar-refractivity contribution >= 4 is 48.1 Å². The predicted molar refractivity (Wildman–Crippen MR) is 140 cm³/mol. The van der Waals surface area contributed by atoms with Crippen molar-refractivity contribution in [2.24, 2.45) is 0 Å². The smallest absolute Gasteiger partial charge is 0.323 e. The van der Waals surface area contributed by atoms with Gasteiger partial charge in [0.15, 0.2) is 17.4 Å². The van der Waals surface area contributed by atoms with Gasteiger partial charge in [-0.25, -0.2) is 18.6 Å². The maximum absolute atomic E-state index is 14.9. The molecule has 37 heavy (non-hydrogen) atoms. The molecule has 0 bridgehead atoms. The van der Waals surface area contributed by atoms with E-state index in [1.165, 1.54) is 30.7 Å². The summed E-state index contributed by atoms with van der Waals surface area (Å²) in [5.74, 6) is -2.56. The van der Waals surface area contributed by atoms with Crippen molar-refractivity contribution in [3.63, 3.8) is 0 Å². The highest BCUT2D eigenvalue weighted by atomic mass is 35.5. The fourth-order valence-corrected chi connectivity index (χ4v) is 4.41. The summed E-state index contributed by atoms with van der Waals surface area (Å²) in [4.78, 5) is 16.5. The van der Waals surface area contributed by atoms with E-state index in [1.54, 1.807) is 10.8 Å². The molecule has 0 radical (unpaired) electrons. The fourth-order valence-electron chi connectivity index (χ4n) is 3.36. The van der Waals surface area contributed by atoms with Crippen LogP contribution in [0.4, 0.5) is 25.0 Å². The molecule has 2 amide bonds. The van der Waals surface area contributed by atoms with Crippen molar-refractivity contribution in [3.8, 4) is 11.5 Å². The second kappa shape index (κ2) is 11.2. The Hall–Kier alpha value is -3.61. The molecule has 4 aromatic rings. The van der Waals surface area contributed by atoms with Gasteiger partial charge < -0.3 is 24.7 Å². The van der Waals surface area contributed by atoms with E-state index in [1.807, 2.05) is 0 Å². The number of amides is 2. The van der Waals surface area contributed by atoms with E-state index >= 15 is 0 Å². The van der Waals surface area contributed by atoms with Crippen LogP contribution in [0.1, 0.15) is 0 Å². The van der Waals surface area contributed by atoms with Gasteiger partial charge in [-0.2, -0.15) is 10.2 Å². The van der Waals surface area contributed by atoms with Gasteiger partial charge in [0, 0.05) is 44.9 Å². The number of nitrogens with zero attached hydrogens (tertiary/aromatic N) is 4. The summed E-state index contributed by atoms with van der Waals surface area (Å²) < 4.78 is 42.8. The number of pyridine rings is 1. The molecule has 0 spiro atoms. The summed E-state index contributed by atoms with van der Waals surface area (Å²) in [6.07, 6.45) is 5.80. The van der Waals surface area contributed by atoms with E-state index in [0.717, 1.165) is 18.2 Å². The first kappa shape index (κ1) is 26.4. The second-order valence-electron chi connectivity index (χ2n) is 9.38. The van der Waals surface area contributed by atoms with Gasteiger partial charge in [-0.05, 0) is 18.2 Å². The molecule has 9 nitrogen and oxygen atoms in total. The lowest BCUT2D eigenvalue weighted by atomic mass is 10.2. The third-order valence-corrected chi connectivity index (χ3v) is 7.20. The Kier molecular flexibility index (Phi) is 8.00. The molecule has 13 heteroatoms. The van der Waals surface area contributed by atoms with Crippen LogP contribution < -0.4 is 15.4 Å². The molecule has 2 N–H and O–H groups in total. The largest absolute Gasteiger partial charge is 0.450 e. The lowest BCUT2D eigenvalue weighted by Crippen LogP contribution is -2.22. The fraction of sp³-hybridized carbons (Fsp3) is 0.250. The average molecular weight is 547 g/mol. The highest BCUT2D eigenvalue weighted by Crippen LogP contribution is 2.37. The number of hydrogen-bond donors (Lipinski definition) is 2.